The molecular formula is C20H23FN2O2. The summed E-state index contributed by atoms with van der Waals surface area (Å²) in [5, 5.41) is 2.71. The van der Waals surface area contributed by atoms with E-state index in [1.165, 1.54) is 31.2 Å². The molecule has 0 fully saturated rings. The molecule has 0 heterocycles. The molecule has 25 heavy (non-hydrogen) atoms. The molecule has 0 saturated carbocycles. The van der Waals surface area contributed by atoms with Crippen molar-refractivity contribution in [1.29, 1.82) is 0 Å². The molecule has 2 amide bonds. The first kappa shape index (κ1) is 18.6. The van der Waals surface area contributed by atoms with Crippen molar-refractivity contribution in [3.63, 3.8) is 0 Å². The van der Waals surface area contributed by atoms with E-state index in [2.05, 4.69) is 5.32 Å². The lowest BCUT2D eigenvalue weighted by atomic mass is 10.0. The molecule has 0 aromatic heterocycles. The third kappa shape index (κ3) is 4.89. The molecular weight excluding hydrogens is 319 g/mol. The van der Waals surface area contributed by atoms with Crippen LogP contribution in [0.4, 0.5) is 15.8 Å². The van der Waals surface area contributed by atoms with Gasteiger partial charge in [-0.15, -0.1) is 0 Å². The van der Waals surface area contributed by atoms with E-state index in [0.29, 0.717) is 5.69 Å². The molecule has 2 aromatic carbocycles. The summed E-state index contributed by atoms with van der Waals surface area (Å²) < 4.78 is 12.9. The number of rotatable bonds is 5. The minimum atomic E-state index is -0.355. The monoisotopic (exact) mass is 342 g/mol. The number of halogens is 1. The van der Waals surface area contributed by atoms with Gasteiger partial charge in [0, 0.05) is 31.3 Å². The first-order valence-electron chi connectivity index (χ1n) is 8.19. The normalized spacial score (nSPS) is 10.4. The molecule has 0 radical (unpaired) electrons. The Labute approximate surface area is 147 Å². The van der Waals surface area contributed by atoms with Crippen molar-refractivity contribution in [3.05, 3.63) is 58.9 Å². The maximum Gasteiger partial charge on any atom is 0.226 e. The minimum absolute atomic E-state index is 0.107. The Morgan fingerprint density at radius 1 is 1.04 bits per heavy atom. The quantitative estimate of drug-likeness (QED) is 0.888. The van der Waals surface area contributed by atoms with Gasteiger partial charge >= 0.3 is 0 Å². The summed E-state index contributed by atoms with van der Waals surface area (Å²) in [7, 11) is 0. The number of hydrogen-bond donors (Lipinski definition) is 1. The van der Waals surface area contributed by atoms with Gasteiger partial charge in [0.25, 0.3) is 0 Å². The van der Waals surface area contributed by atoms with Crippen molar-refractivity contribution in [1.82, 2.24) is 0 Å². The zero-order valence-corrected chi connectivity index (χ0v) is 15.0. The lowest BCUT2D eigenvalue weighted by molar-refractivity contribution is -0.117. The average molecular weight is 342 g/mol. The number of carbonyl (C=O) groups excluding carboxylic acids is 2. The largest absolute Gasteiger partial charge is 0.326 e. The molecule has 5 heteroatoms. The fourth-order valence-corrected chi connectivity index (χ4v) is 2.99. The number of hydrogen-bond acceptors (Lipinski definition) is 2. The van der Waals surface area contributed by atoms with Crippen LogP contribution in [0.1, 0.15) is 30.0 Å². The fourth-order valence-electron chi connectivity index (χ4n) is 2.99. The Kier molecular flexibility index (Phi) is 5.91. The summed E-state index contributed by atoms with van der Waals surface area (Å²) in [5.74, 6) is -0.684. The van der Waals surface area contributed by atoms with E-state index in [9.17, 15) is 14.0 Å². The number of nitrogens with zero attached hydrogens (tertiary/aromatic N) is 1. The molecule has 0 atom stereocenters. The number of amides is 2. The highest BCUT2D eigenvalue weighted by molar-refractivity contribution is 5.95. The minimum Gasteiger partial charge on any atom is -0.326 e. The second-order valence-corrected chi connectivity index (χ2v) is 6.22. The fraction of sp³-hybridized carbons (Fsp3) is 0.300. The summed E-state index contributed by atoms with van der Waals surface area (Å²) in [6.45, 7) is 7.72. The first-order valence-corrected chi connectivity index (χ1v) is 8.19. The molecule has 0 aliphatic carbocycles. The first-order chi connectivity index (χ1) is 11.8. The van der Waals surface area contributed by atoms with Crippen molar-refractivity contribution in [3.8, 4) is 0 Å². The van der Waals surface area contributed by atoms with Crippen LogP contribution in [0.2, 0.25) is 0 Å². The van der Waals surface area contributed by atoms with Crippen LogP contribution in [-0.2, 0) is 9.59 Å². The van der Waals surface area contributed by atoms with Crippen molar-refractivity contribution >= 4 is 23.2 Å². The number of nitrogens with one attached hydrogen (secondary N) is 1. The molecule has 0 bridgehead atoms. The Morgan fingerprint density at radius 2 is 1.60 bits per heavy atom. The lowest BCUT2D eigenvalue weighted by Crippen LogP contribution is -2.33. The summed E-state index contributed by atoms with van der Waals surface area (Å²) in [6.07, 6.45) is 0.156. The van der Waals surface area contributed by atoms with Crippen molar-refractivity contribution in [2.24, 2.45) is 0 Å². The molecule has 2 rings (SSSR count). The van der Waals surface area contributed by atoms with Crippen LogP contribution in [0.25, 0.3) is 0 Å². The van der Waals surface area contributed by atoms with E-state index in [-0.39, 0.29) is 30.6 Å². The van der Waals surface area contributed by atoms with Crippen molar-refractivity contribution < 1.29 is 14.0 Å². The van der Waals surface area contributed by atoms with Crippen LogP contribution in [0, 0.1) is 26.6 Å². The molecule has 0 saturated heterocycles. The van der Waals surface area contributed by atoms with E-state index >= 15 is 0 Å². The highest BCUT2D eigenvalue weighted by atomic mass is 19.1. The zero-order chi connectivity index (χ0) is 18.6. The van der Waals surface area contributed by atoms with Gasteiger partial charge in [-0.3, -0.25) is 9.59 Å². The van der Waals surface area contributed by atoms with Gasteiger partial charge in [0.15, 0.2) is 0 Å². The third-order valence-corrected chi connectivity index (χ3v) is 3.98. The molecule has 1 N–H and O–H groups in total. The molecule has 4 nitrogen and oxygen atoms in total. The van der Waals surface area contributed by atoms with Crippen molar-refractivity contribution in [2.45, 2.75) is 34.1 Å². The predicted octanol–water partition coefficient (Wildman–Crippen LogP) is 4.13. The molecule has 0 aliphatic heterocycles. The van der Waals surface area contributed by atoms with E-state index in [4.69, 9.17) is 0 Å². The Balaban J connectivity index is 2.09. The van der Waals surface area contributed by atoms with Crippen LogP contribution in [0.5, 0.6) is 0 Å². The standard InChI is InChI=1S/C20H23FN2O2/c1-13-11-14(2)20(15(3)12-13)23(16(4)24)10-9-19(25)22-18-7-5-17(21)6-8-18/h5-8,11-12H,9-10H2,1-4H3,(H,22,25). The highest BCUT2D eigenvalue weighted by Crippen LogP contribution is 2.26. The van der Waals surface area contributed by atoms with Gasteiger partial charge < -0.3 is 10.2 Å². The smallest absolute Gasteiger partial charge is 0.226 e. The molecule has 0 unspecified atom stereocenters. The van der Waals surface area contributed by atoms with E-state index < -0.39 is 0 Å². The average Bonchev–Trinajstić information content (AvgIpc) is 2.51. The van der Waals surface area contributed by atoms with Gasteiger partial charge in [0.1, 0.15) is 5.82 Å². The second-order valence-electron chi connectivity index (χ2n) is 6.22. The second kappa shape index (κ2) is 7.92. The number of benzene rings is 2. The van der Waals surface area contributed by atoms with Crippen LogP contribution in [0.15, 0.2) is 36.4 Å². The van der Waals surface area contributed by atoms with Crippen LogP contribution in [0.3, 0.4) is 0 Å². The van der Waals surface area contributed by atoms with Crippen LogP contribution >= 0.6 is 0 Å². The number of anilines is 2. The van der Waals surface area contributed by atoms with E-state index in [1.807, 2.05) is 32.9 Å². The van der Waals surface area contributed by atoms with Gasteiger partial charge in [-0.1, -0.05) is 17.7 Å². The number of carbonyl (C=O) groups is 2. The molecule has 0 aliphatic rings. The van der Waals surface area contributed by atoms with Gasteiger partial charge in [0.05, 0.1) is 0 Å². The van der Waals surface area contributed by atoms with Gasteiger partial charge in [0.2, 0.25) is 11.8 Å². The number of aryl methyl sites for hydroxylation is 3. The summed E-state index contributed by atoms with van der Waals surface area (Å²) in [4.78, 5) is 25.9. The SMILES string of the molecule is CC(=O)N(CCC(=O)Nc1ccc(F)cc1)c1c(C)cc(C)cc1C. The maximum atomic E-state index is 12.9. The van der Waals surface area contributed by atoms with Gasteiger partial charge in [-0.05, 0) is 56.2 Å². The Bertz CT molecular complexity index is 762. The Morgan fingerprint density at radius 3 is 2.12 bits per heavy atom. The van der Waals surface area contributed by atoms with Gasteiger partial charge in [-0.25, -0.2) is 4.39 Å². The summed E-state index contributed by atoms with van der Waals surface area (Å²) >= 11 is 0. The lowest BCUT2D eigenvalue weighted by Gasteiger charge is -2.25. The van der Waals surface area contributed by atoms with E-state index in [1.54, 1.807) is 4.90 Å². The van der Waals surface area contributed by atoms with E-state index in [0.717, 1.165) is 22.4 Å². The highest BCUT2D eigenvalue weighted by Gasteiger charge is 2.18. The molecule has 2 aromatic rings. The summed E-state index contributed by atoms with van der Waals surface area (Å²) in [5.41, 5.74) is 4.53. The topological polar surface area (TPSA) is 49.4 Å². The summed E-state index contributed by atoms with van der Waals surface area (Å²) in [6, 6.07) is 9.63. The molecule has 132 valence electrons. The molecule has 0 spiro atoms. The zero-order valence-electron chi connectivity index (χ0n) is 15.0. The Hall–Kier alpha value is -2.69. The van der Waals surface area contributed by atoms with Crippen LogP contribution in [-0.4, -0.2) is 18.4 Å². The van der Waals surface area contributed by atoms with Crippen LogP contribution < -0.4 is 10.2 Å². The third-order valence-electron chi connectivity index (χ3n) is 3.98. The maximum absolute atomic E-state index is 12.9. The van der Waals surface area contributed by atoms with Crippen molar-refractivity contribution in [2.75, 3.05) is 16.8 Å². The van der Waals surface area contributed by atoms with Gasteiger partial charge in [-0.2, -0.15) is 0 Å². The predicted molar refractivity (Wildman–Crippen MR) is 98.3 cm³/mol.